The third-order valence-electron chi connectivity index (χ3n) is 3.22. The lowest BCUT2D eigenvalue weighted by Gasteiger charge is -2.11. The van der Waals surface area contributed by atoms with Gasteiger partial charge in [-0.05, 0) is 30.2 Å². The topological polar surface area (TPSA) is 38.3 Å². The SMILES string of the molecule is COC(=O)Cc1ccccc1CNc1ccc(C)cc1. The Morgan fingerprint density at radius 3 is 2.35 bits per heavy atom. The Labute approximate surface area is 119 Å². The zero-order chi connectivity index (χ0) is 14.4. The van der Waals surface area contributed by atoms with Crippen molar-refractivity contribution < 1.29 is 9.53 Å². The molecule has 0 bridgehead atoms. The van der Waals surface area contributed by atoms with E-state index in [4.69, 9.17) is 4.74 Å². The monoisotopic (exact) mass is 269 g/mol. The number of methoxy groups -OCH3 is 1. The van der Waals surface area contributed by atoms with Crippen LogP contribution in [0.2, 0.25) is 0 Å². The molecule has 0 heterocycles. The van der Waals surface area contributed by atoms with Crippen molar-refractivity contribution in [2.45, 2.75) is 19.9 Å². The van der Waals surface area contributed by atoms with Crippen LogP contribution < -0.4 is 5.32 Å². The molecule has 0 amide bonds. The number of nitrogens with one attached hydrogen (secondary N) is 1. The highest BCUT2D eigenvalue weighted by Crippen LogP contribution is 2.14. The second-order valence-electron chi connectivity index (χ2n) is 4.74. The molecule has 0 aliphatic heterocycles. The van der Waals surface area contributed by atoms with Crippen molar-refractivity contribution in [3.8, 4) is 0 Å². The fourth-order valence-electron chi connectivity index (χ4n) is 2.00. The molecule has 0 fully saturated rings. The van der Waals surface area contributed by atoms with Crippen LogP contribution in [0.5, 0.6) is 0 Å². The van der Waals surface area contributed by atoms with E-state index in [1.54, 1.807) is 0 Å². The minimum absolute atomic E-state index is 0.215. The predicted molar refractivity (Wildman–Crippen MR) is 80.7 cm³/mol. The van der Waals surface area contributed by atoms with Gasteiger partial charge in [-0.1, -0.05) is 42.0 Å². The molecule has 0 aliphatic rings. The summed E-state index contributed by atoms with van der Waals surface area (Å²) in [6.45, 7) is 2.76. The van der Waals surface area contributed by atoms with Gasteiger partial charge in [-0.15, -0.1) is 0 Å². The van der Waals surface area contributed by atoms with Gasteiger partial charge in [-0.3, -0.25) is 4.79 Å². The number of rotatable bonds is 5. The Balaban J connectivity index is 2.05. The molecule has 104 valence electrons. The number of ether oxygens (including phenoxy) is 1. The van der Waals surface area contributed by atoms with Gasteiger partial charge in [0.2, 0.25) is 0 Å². The standard InChI is InChI=1S/C17H19NO2/c1-13-7-9-16(10-8-13)18-12-15-6-4-3-5-14(15)11-17(19)20-2/h3-10,18H,11-12H2,1-2H3. The first-order chi connectivity index (χ1) is 9.69. The smallest absolute Gasteiger partial charge is 0.309 e. The number of esters is 1. The molecule has 0 atom stereocenters. The molecule has 3 heteroatoms. The molecule has 0 unspecified atom stereocenters. The first-order valence-corrected chi connectivity index (χ1v) is 6.63. The molecule has 0 saturated heterocycles. The molecule has 2 rings (SSSR count). The van der Waals surface area contributed by atoms with E-state index in [0.717, 1.165) is 16.8 Å². The number of benzene rings is 2. The van der Waals surface area contributed by atoms with E-state index in [2.05, 4.69) is 36.5 Å². The van der Waals surface area contributed by atoms with Crippen LogP contribution in [0.4, 0.5) is 5.69 Å². The van der Waals surface area contributed by atoms with Crippen LogP contribution >= 0.6 is 0 Å². The first-order valence-electron chi connectivity index (χ1n) is 6.63. The van der Waals surface area contributed by atoms with Crippen molar-refractivity contribution in [3.63, 3.8) is 0 Å². The van der Waals surface area contributed by atoms with Gasteiger partial charge >= 0.3 is 5.97 Å². The summed E-state index contributed by atoms with van der Waals surface area (Å²) in [4.78, 5) is 11.4. The summed E-state index contributed by atoms with van der Waals surface area (Å²) in [5.74, 6) is -0.215. The van der Waals surface area contributed by atoms with Gasteiger partial charge in [-0.2, -0.15) is 0 Å². The van der Waals surface area contributed by atoms with Crippen molar-refractivity contribution in [1.29, 1.82) is 0 Å². The lowest BCUT2D eigenvalue weighted by Crippen LogP contribution is -2.09. The number of carbonyl (C=O) groups is 1. The van der Waals surface area contributed by atoms with Crippen molar-refractivity contribution >= 4 is 11.7 Å². The highest BCUT2D eigenvalue weighted by molar-refractivity contribution is 5.72. The molecule has 0 radical (unpaired) electrons. The average molecular weight is 269 g/mol. The molecule has 0 saturated carbocycles. The minimum Gasteiger partial charge on any atom is -0.469 e. The Bertz CT molecular complexity index is 576. The van der Waals surface area contributed by atoms with E-state index in [-0.39, 0.29) is 5.97 Å². The molecule has 0 spiro atoms. The average Bonchev–Trinajstić information content (AvgIpc) is 2.48. The van der Waals surface area contributed by atoms with Gasteiger partial charge < -0.3 is 10.1 Å². The van der Waals surface area contributed by atoms with Crippen LogP contribution in [-0.2, 0) is 22.5 Å². The van der Waals surface area contributed by atoms with Gasteiger partial charge in [0.05, 0.1) is 13.5 Å². The summed E-state index contributed by atoms with van der Waals surface area (Å²) in [6, 6.07) is 16.2. The third-order valence-corrected chi connectivity index (χ3v) is 3.22. The summed E-state index contributed by atoms with van der Waals surface area (Å²) >= 11 is 0. The van der Waals surface area contributed by atoms with E-state index in [1.807, 2.05) is 24.3 Å². The minimum atomic E-state index is -0.215. The number of hydrogen-bond acceptors (Lipinski definition) is 3. The summed E-state index contributed by atoms with van der Waals surface area (Å²) in [7, 11) is 1.41. The van der Waals surface area contributed by atoms with Gasteiger partial charge in [0.15, 0.2) is 0 Å². The van der Waals surface area contributed by atoms with Crippen molar-refractivity contribution in [2.24, 2.45) is 0 Å². The normalized spacial score (nSPS) is 10.1. The Kier molecular flexibility index (Phi) is 4.77. The van der Waals surface area contributed by atoms with Gasteiger partial charge in [-0.25, -0.2) is 0 Å². The summed E-state index contributed by atoms with van der Waals surface area (Å²) in [5.41, 5.74) is 4.42. The molecule has 1 N–H and O–H groups in total. The third kappa shape index (κ3) is 3.85. The molecule has 2 aromatic rings. The number of hydrogen-bond donors (Lipinski definition) is 1. The Morgan fingerprint density at radius 2 is 1.70 bits per heavy atom. The fraction of sp³-hybridized carbons (Fsp3) is 0.235. The second-order valence-corrected chi connectivity index (χ2v) is 4.74. The molecule has 20 heavy (non-hydrogen) atoms. The zero-order valence-corrected chi connectivity index (χ0v) is 11.8. The maximum atomic E-state index is 11.4. The molecular formula is C17H19NO2. The summed E-state index contributed by atoms with van der Waals surface area (Å²) in [6.07, 6.45) is 0.308. The van der Waals surface area contributed by atoms with E-state index >= 15 is 0 Å². The van der Waals surface area contributed by atoms with Crippen LogP contribution in [0.15, 0.2) is 48.5 Å². The van der Waals surface area contributed by atoms with Crippen molar-refractivity contribution in [1.82, 2.24) is 0 Å². The predicted octanol–water partition coefficient (Wildman–Crippen LogP) is 3.32. The fourth-order valence-corrected chi connectivity index (χ4v) is 2.00. The second kappa shape index (κ2) is 6.75. The van der Waals surface area contributed by atoms with Crippen LogP contribution in [0.1, 0.15) is 16.7 Å². The molecule has 3 nitrogen and oxygen atoms in total. The van der Waals surface area contributed by atoms with E-state index in [9.17, 15) is 4.79 Å². The molecule has 0 aliphatic carbocycles. The zero-order valence-electron chi connectivity index (χ0n) is 11.8. The van der Waals surface area contributed by atoms with Gasteiger partial charge in [0.25, 0.3) is 0 Å². The number of aryl methyl sites for hydroxylation is 1. The van der Waals surface area contributed by atoms with Crippen LogP contribution in [0.25, 0.3) is 0 Å². The van der Waals surface area contributed by atoms with Crippen LogP contribution in [-0.4, -0.2) is 13.1 Å². The van der Waals surface area contributed by atoms with E-state index in [1.165, 1.54) is 12.7 Å². The van der Waals surface area contributed by atoms with Crippen molar-refractivity contribution in [3.05, 3.63) is 65.2 Å². The summed E-state index contributed by atoms with van der Waals surface area (Å²) in [5, 5.41) is 3.37. The number of anilines is 1. The Hall–Kier alpha value is -2.29. The number of carbonyl (C=O) groups excluding carboxylic acids is 1. The lowest BCUT2D eigenvalue weighted by molar-refractivity contribution is -0.139. The van der Waals surface area contributed by atoms with Gasteiger partial charge in [0.1, 0.15) is 0 Å². The molecule has 0 aromatic heterocycles. The Morgan fingerprint density at radius 1 is 1.05 bits per heavy atom. The molecule has 2 aromatic carbocycles. The van der Waals surface area contributed by atoms with Crippen LogP contribution in [0.3, 0.4) is 0 Å². The van der Waals surface area contributed by atoms with E-state index in [0.29, 0.717) is 13.0 Å². The van der Waals surface area contributed by atoms with Crippen molar-refractivity contribution in [2.75, 3.05) is 12.4 Å². The largest absolute Gasteiger partial charge is 0.469 e. The van der Waals surface area contributed by atoms with E-state index < -0.39 is 0 Å². The summed E-state index contributed by atoms with van der Waals surface area (Å²) < 4.78 is 4.73. The highest BCUT2D eigenvalue weighted by atomic mass is 16.5. The van der Waals surface area contributed by atoms with Crippen LogP contribution in [0, 0.1) is 6.92 Å². The lowest BCUT2D eigenvalue weighted by atomic mass is 10.0. The maximum absolute atomic E-state index is 11.4. The molecular weight excluding hydrogens is 250 g/mol. The van der Waals surface area contributed by atoms with Gasteiger partial charge in [0, 0.05) is 12.2 Å². The maximum Gasteiger partial charge on any atom is 0.309 e. The quantitative estimate of drug-likeness (QED) is 0.846. The first kappa shape index (κ1) is 14.1. The highest BCUT2D eigenvalue weighted by Gasteiger charge is 2.07.